The van der Waals surface area contributed by atoms with Crippen molar-refractivity contribution < 1.29 is 17.9 Å². The number of hydrogen-bond donors (Lipinski definition) is 0. The van der Waals surface area contributed by atoms with E-state index in [4.69, 9.17) is 4.74 Å². The summed E-state index contributed by atoms with van der Waals surface area (Å²) >= 11 is 0. The molecule has 0 aliphatic heterocycles. The third-order valence-electron chi connectivity index (χ3n) is 0.832. The van der Waals surface area contributed by atoms with Crippen molar-refractivity contribution in [2.45, 2.75) is 13.6 Å². The van der Waals surface area contributed by atoms with Gasteiger partial charge in [0.25, 0.3) is 0 Å². The molecule has 1 aromatic rings. The van der Waals surface area contributed by atoms with E-state index in [0.29, 0.717) is 12.5 Å². The van der Waals surface area contributed by atoms with Gasteiger partial charge in [-0.15, -0.1) is 0 Å². The van der Waals surface area contributed by atoms with Crippen molar-refractivity contribution in [3.05, 3.63) is 18.6 Å². The van der Waals surface area contributed by atoms with Gasteiger partial charge in [0.2, 0.25) is 5.88 Å². The van der Waals surface area contributed by atoms with Crippen LogP contribution < -0.4 is 4.74 Å². The summed E-state index contributed by atoms with van der Waals surface area (Å²) in [6.45, 7) is -1.12. The van der Waals surface area contributed by atoms with Crippen LogP contribution in [0, 0.1) is 0 Å². The molecule has 0 unspecified atom stereocenters. The minimum absolute atomic E-state index is 0.583. The van der Waals surface area contributed by atoms with Gasteiger partial charge in [0, 0.05) is 12.4 Å². The Labute approximate surface area is 73.6 Å². The second kappa shape index (κ2) is 7.33. The maximum absolute atomic E-state index is 9.67. The Morgan fingerprint density at radius 1 is 1.38 bits per heavy atom. The molecule has 0 aliphatic carbocycles. The van der Waals surface area contributed by atoms with Gasteiger partial charge in [-0.3, -0.25) is 4.98 Å². The fraction of sp³-hybridized carbons (Fsp3) is 0.429. The van der Waals surface area contributed by atoms with Crippen molar-refractivity contribution in [2.24, 2.45) is 0 Å². The first-order chi connectivity index (χ1) is 6.16. The number of halogens is 3. The van der Waals surface area contributed by atoms with Gasteiger partial charge in [-0.1, -0.05) is 0 Å². The summed E-state index contributed by atoms with van der Waals surface area (Å²) in [5.41, 5.74) is 0. The zero-order valence-electron chi connectivity index (χ0n) is 6.95. The van der Waals surface area contributed by atoms with E-state index >= 15 is 0 Å². The molecule has 6 heteroatoms. The molecule has 1 aromatic heterocycles. The molecule has 13 heavy (non-hydrogen) atoms. The van der Waals surface area contributed by atoms with Crippen LogP contribution >= 0.6 is 0 Å². The van der Waals surface area contributed by atoms with Crippen LogP contribution in [0.5, 0.6) is 5.88 Å². The van der Waals surface area contributed by atoms with E-state index in [1.54, 1.807) is 18.6 Å². The lowest BCUT2D eigenvalue weighted by Crippen LogP contribution is -1.93. The molecule has 1 rings (SSSR count). The van der Waals surface area contributed by atoms with Gasteiger partial charge in [0.05, 0.1) is 12.8 Å². The number of rotatable bonds is 2. The van der Waals surface area contributed by atoms with Crippen LogP contribution in [0.2, 0.25) is 0 Å². The molecule has 0 fully saturated rings. The monoisotopic (exact) mass is 194 g/mol. The maximum Gasteiger partial charge on any atom is 0.379 e. The molecule has 0 radical (unpaired) electrons. The van der Waals surface area contributed by atoms with E-state index in [1.807, 2.05) is 6.92 Å². The average molecular weight is 194 g/mol. The van der Waals surface area contributed by atoms with Crippen LogP contribution in [0.4, 0.5) is 13.2 Å². The summed E-state index contributed by atoms with van der Waals surface area (Å²) in [7, 11) is 0. The summed E-state index contributed by atoms with van der Waals surface area (Å²) in [6, 6.07) is 0. The molecule has 0 aromatic carbocycles. The Kier molecular flexibility index (Phi) is 6.58. The maximum atomic E-state index is 9.67. The summed E-state index contributed by atoms with van der Waals surface area (Å²) in [4.78, 5) is 7.70. The van der Waals surface area contributed by atoms with Crippen LogP contribution in [-0.4, -0.2) is 23.3 Å². The summed E-state index contributed by atoms with van der Waals surface area (Å²) < 4.78 is 34.0. The fourth-order valence-electron chi connectivity index (χ4n) is 0.508. The Morgan fingerprint density at radius 2 is 2.00 bits per heavy atom. The highest BCUT2D eigenvalue weighted by molar-refractivity contribution is 5.00. The number of ether oxygens (including phenoxy) is 1. The third kappa shape index (κ3) is 8.58. The van der Waals surface area contributed by atoms with E-state index in [9.17, 15) is 13.2 Å². The summed E-state index contributed by atoms with van der Waals surface area (Å²) in [5.74, 6) is 0.583. The standard InChI is InChI=1S/C6H8N2O.CHF3/c1-2-9-6-5-7-3-4-8-6;2-1(3)4/h3-5H,2H2,1H3;1H. The summed E-state index contributed by atoms with van der Waals surface area (Å²) in [5, 5.41) is 0. The smallest absolute Gasteiger partial charge is 0.379 e. The number of alkyl halides is 3. The van der Waals surface area contributed by atoms with E-state index in [0.717, 1.165) is 0 Å². The van der Waals surface area contributed by atoms with Gasteiger partial charge in [-0.05, 0) is 6.92 Å². The number of nitrogens with zero attached hydrogens (tertiary/aromatic N) is 2. The predicted molar refractivity (Wildman–Crippen MR) is 40.3 cm³/mol. The molecule has 0 N–H and O–H groups in total. The molecule has 0 amide bonds. The summed E-state index contributed by atoms with van der Waals surface area (Å²) in [6.07, 6.45) is 4.80. The first-order valence-electron chi connectivity index (χ1n) is 3.47. The lowest BCUT2D eigenvalue weighted by Gasteiger charge is -1.96. The average Bonchev–Trinajstić information content (AvgIpc) is 2.06. The van der Waals surface area contributed by atoms with Crippen molar-refractivity contribution in [2.75, 3.05) is 6.61 Å². The van der Waals surface area contributed by atoms with Crippen LogP contribution in [0.25, 0.3) is 0 Å². The van der Waals surface area contributed by atoms with Crippen LogP contribution in [0.1, 0.15) is 6.92 Å². The van der Waals surface area contributed by atoms with Gasteiger partial charge in [-0.2, -0.15) is 13.2 Å². The minimum Gasteiger partial charge on any atom is -0.477 e. The molecule has 74 valence electrons. The van der Waals surface area contributed by atoms with Crippen molar-refractivity contribution in [3.8, 4) is 5.88 Å². The third-order valence-corrected chi connectivity index (χ3v) is 0.832. The molecule has 0 bridgehead atoms. The highest BCUT2D eigenvalue weighted by Gasteiger charge is 1.87. The lowest BCUT2D eigenvalue weighted by molar-refractivity contribution is 0.00819. The normalized spacial score (nSPS) is 9.00. The van der Waals surface area contributed by atoms with E-state index in [1.165, 1.54) is 0 Å². The van der Waals surface area contributed by atoms with Crippen molar-refractivity contribution in [1.29, 1.82) is 0 Å². The SMILES string of the molecule is CCOc1cnccn1.FC(F)F. The second-order valence-electron chi connectivity index (χ2n) is 1.72. The zero-order chi connectivity index (χ0) is 10.1. The van der Waals surface area contributed by atoms with Crippen molar-refractivity contribution in [1.82, 2.24) is 9.97 Å². The lowest BCUT2D eigenvalue weighted by atomic mass is 10.7. The van der Waals surface area contributed by atoms with E-state index < -0.39 is 6.68 Å². The van der Waals surface area contributed by atoms with Gasteiger partial charge < -0.3 is 4.74 Å². The largest absolute Gasteiger partial charge is 0.477 e. The Hall–Kier alpha value is -1.33. The Morgan fingerprint density at radius 3 is 2.38 bits per heavy atom. The number of aromatic nitrogens is 2. The van der Waals surface area contributed by atoms with Crippen molar-refractivity contribution in [3.63, 3.8) is 0 Å². The Balaban J connectivity index is 0.000000310. The molecule has 0 aliphatic rings. The van der Waals surface area contributed by atoms with Gasteiger partial charge >= 0.3 is 6.68 Å². The molecule has 3 nitrogen and oxygen atoms in total. The first kappa shape index (κ1) is 11.7. The number of hydrogen-bond acceptors (Lipinski definition) is 3. The predicted octanol–water partition coefficient (Wildman–Crippen LogP) is 2.05. The van der Waals surface area contributed by atoms with Crippen LogP contribution in [0.15, 0.2) is 18.6 Å². The van der Waals surface area contributed by atoms with Crippen LogP contribution in [0.3, 0.4) is 0 Å². The van der Waals surface area contributed by atoms with Gasteiger partial charge in [0.1, 0.15) is 0 Å². The molecule has 0 atom stereocenters. The zero-order valence-corrected chi connectivity index (χ0v) is 6.95. The highest BCUT2D eigenvalue weighted by atomic mass is 19.4. The molecule has 0 saturated carbocycles. The van der Waals surface area contributed by atoms with Gasteiger partial charge in [-0.25, -0.2) is 4.98 Å². The molecule has 1 heterocycles. The van der Waals surface area contributed by atoms with Crippen molar-refractivity contribution >= 4 is 0 Å². The topological polar surface area (TPSA) is 35.0 Å². The van der Waals surface area contributed by atoms with E-state index in [-0.39, 0.29) is 0 Å². The molecular formula is C7H9F3N2O. The molecule has 0 spiro atoms. The Bertz CT molecular complexity index is 205. The first-order valence-corrected chi connectivity index (χ1v) is 3.47. The van der Waals surface area contributed by atoms with Gasteiger partial charge in [0.15, 0.2) is 0 Å². The second-order valence-corrected chi connectivity index (χ2v) is 1.72. The molecular weight excluding hydrogens is 185 g/mol. The van der Waals surface area contributed by atoms with E-state index in [2.05, 4.69) is 9.97 Å². The quantitative estimate of drug-likeness (QED) is 0.722. The molecule has 0 saturated heterocycles. The minimum atomic E-state index is -3.67. The fourth-order valence-corrected chi connectivity index (χ4v) is 0.508. The highest BCUT2D eigenvalue weighted by Crippen LogP contribution is 1.98. The van der Waals surface area contributed by atoms with Crippen LogP contribution in [-0.2, 0) is 0 Å².